The molecule has 0 spiro atoms. The van der Waals surface area contributed by atoms with Gasteiger partial charge >= 0.3 is 6.03 Å². The van der Waals surface area contributed by atoms with Gasteiger partial charge in [-0.15, -0.1) is 0 Å². The van der Waals surface area contributed by atoms with Gasteiger partial charge in [0.05, 0.1) is 30.9 Å². The molecule has 4 N–H and O–H groups in total. The lowest BCUT2D eigenvalue weighted by atomic mass is 10.0. The molecule has 3 rings (SSSR count). The first-order valence-corrected chi connectivity index (χ1v) is 9.72. The fourth-order valence-corrected chi connectivity index (χ4v) is 3.07. The van der Waals surface area contributed by atoms with E-state index in [1.165, 1.54) is 30.3 Å². The Hall–Kier alpha value is -3.30. The van der Waals surface area contributed by atoms with E-state index in [1.807, 2.05) is 0 Å². The summed E-state index contributed by atoms with van der Waals surface area (Å²) in [7, 11) is 0. The van der Waals surface area contributed by atoms with Crippen LogP contribution in [0.25, 0.3) is 0 Å². The van der Waals surface area contributed by atoms with Crippen LogP contribution in [0.5, 0.6) is 0 Å². The average molecular weight is 431 g/mol. The smallest absolute Gasteiger partial charge is 0.319 e. The molecule has 1 heterocycles. The molecular weight excluding hydrogens is 408 g/mol. The maximum Gasteiger partial charge on any atom is 0.319 e. The molecule has 0 bridgehead atoms. The lowest BCUT2D eigenvalue weighted by molar-refractivity contribution is -0.125. The number of carbonyl (C=O) groups excluding carboxylic acids is 2. The van der Waals surface area contributed by atoms with Gasteiger partial charge in [-0.25, -0.2) is 13.6 Å². The number of rotatable bonds is 7. The maximum absolute atomic E-state index is 13.7. The summed E-state index contributed by atoms with van der Waals surface area (Å²) in [5.74, 6) is -1.20. The van der Waals surface area contributed by atoms with Gasteiger partial charge in [0.15, 0.2) is 0 Å². The van der Waals surface area contributed by atoms with Crippen LogP contribution < -0.4 is 16.0 Å². The molecule has 0 saturated heterocycles. The third kappa shape index (κ3) is 6.59. The summed E-state index contributed by atoms with van der Waals surface area (Å²) in [5.41, 5.74) is 0.783. The SMILES string of the molecule is O=C(C[C@H]1C=C[C@@H](NC(=O)Nc2ccccc2F)[C@@H](CO)O1)NCc1ccc(F)cc1. The molecule has 0 radical (unpaired) electrons. The number of aliphatic hydroxyl groups excluding tert-OH is 1. The first-order chi connectivity index (χ1) is 14.9. The van der Waals surface area contributed by atoms with Gasteiger partial charge in [-0.05, 0) is 29.8 Å². The molecule has 0 fully saturated rings. The van der Waals surface area contributed by atoms with Gasteiger partial charge in [0, 0.05) is 6.54 Å². The van der Waals surface area contributed by atoms with Gasteiger partial charge in [0.1, 0.15) is 17.7 Å². The van der Waals surface area contributed by atoms with Crippen LogP contribution >= 0.6 is 0 Å². The van der Waals surface area contributed by atoms with Gasteiger partial charge in [-0.2, -0.15) is 0 Å². The Morgan fingerprint density at radius 2 is 1.77 bits per heavy atom. The molecule has 1 aliphatic rings. The number of urea groups is 1. The Labute approximate surface area is 178 Å². The molecule has 164 valence electrons. The molecule has 2 aromatic carbocycles. The minimum atomic E-state index is -0.772. The zero-order valence-corrected chi connectivity index (χ0v) is 16.6. The van der Waals surface area contributed by atoms with Crippen molar-refractivity contribution in [2.75, 3.05) is 11.9 Å². The van der Waals surface area contributed by atoms with E-state index >= 15 is 0 Å². The second-order valence-corrected chi connectivity index (χ2v) is 6.99. The third-order valence-electron chi connectivity index (χ3n) is 4.67. The van der Waals surface area contributed by atoms with Crippen molar-refractivity contribution in [2.45, 2.75) is 31.2 Å². The van der Waals surface area contributed by atoms with E-state index in [9.17, 15) is 23.5 Å². The number of halogens is 2. The number of hydrogen-bond donors (Lipinski definition) is 4. The van der Waals surface area contributed by atoms with Crippen LogP contribution in [0.3, 0.4) is 0 Å². The minimum Gasteiger partial charge on any atom is -0.394 e. The van der Waals surface area contributed by atoms with Gasteiger partial charge in [-0.3, -0.25) is 4.79 Å². The number of nitrogens with one attached hydrogen (secondary N) is 3. The predicted octanol–water partition coefficient (Wildman–Crippen LogP) is 2.48. The number of ether oxygens (including phenoxy) is 1. The van der Waals surface area contributed by atoms with Crippen LogP contribution in [0, 0.1) is 11.6 Å². The average Bonchev–Trinajstić information content (AvgIpc) is 2.76. The van der Waals surface area contributed by atoms with Crippen molar-refractivity contribution in [3.05, 3.63) is 77.9 Å². The number of anilines is 1. The topological polar surface area (TPSA) is 99.7 Å². The van der Waals surface area contributed by atoms with Crippen LogP contribution in [-0.4, -0.2) is 41.9 Å². The third-order valence-corrected chi connectivity index (χ3v) is 4.67. The Morgan fingerprint density at radius 3 is 2.48 bits per heavy atom. The summed E-state index contributed by atoms with van der Waals surface area (Å²) in [6.45, 7) is -0.137. The van der Waals surface area contributed by atoms with Crippen LogP contribution in [0.1, 0.15) is 12.0 Å². The number of carbonyl (C=O) groups is 2. The molecule has 31 heavy (non-hydrogen) atoms. The fourth-order valence-electron chi connectivity index (χ4n) is 3.07. The number of para-hydroxylation sites is 1. The number of hydrogen-bond acceptors (Lipinski definition) is 4. The van der Waals surface area contributed by atoms with Crippen molar-refractivity contribution in [1.82, 2.24) is 10.6 Å². The van der Waals surface area contributed by atoms with E-state index in [4.69, 9.17) is 4.74 Å². The highest BCUT2D eigenvalue weighted by atomic mass is 19.1. The monoisotopic (exact) mass is 431 g/mol. The van der Waals surface area contributed by atoms with Crippen LogP contribution in [0.2, 0.25) is 0 Å². The van der Waals surface area contributed by atoms with Crippen molar-refractivity contribution in [1.29, 1.82) is 0 Å². The van der Waals surface area contributed by atoms with Crippen LogP contribution in [0.15, 0.2) is 60.7 Å². The van der Waals surface area contributed by atoms with Crippen molar-refractivity contribution in [3.8, 4) is 0 Å². The molecule has 7 nitrogen and oxygen atoms in total. The highest BCUT2D eigenvalue weighted by Gasteiger charge is 2.29. The predicted molar refractivity (Wildman–Crippen MR) is 110 cm³/mol. The van der Waals surface area contributed by atoms with Crippen molar-refractivity contribution >= 4 is 17.6 Å². The minimum absolute atomic E-state index is 0.0162. The summed E-state index contributed by atoms with van der Waals surface area (Å²) < 4.78 is 32.3. The van der Waals surface area contributed by atoms with Crippen LogP contribution in [0.4, 0.5) is 19.3 Å². The highest BCUT2D eigenvalue weighted by Crippen LogP contribution is 2.17. The molecule has 0 aliphatic carbocycles. The normalized spacial score (nSPS) is 20.2. The van der Waals surface area contributed by atoms with Crippen molar-refractivity contribution in [3.63, 3.8) is 0 Å². The quantitative estimate of drug-likeness (QED) is 0.506. The van der Waals surface area contributed by atoms with E-state index in [0.717, 1.165) is 5.56 Å². The summed E-state index contributed by atoms with van der Waals surface area (Å²) in [4.78, 5) is 24.3. The molecule has 1 aliphatic heterocycles. The Morgan fingerprint density at radius 1 is 1.03 bits per heavy atom. The van der Waals surface area contributed by atoms with Gasteiger partial charge in [0.2, 0.25) is 5.91 Å². The van der Waals surface area contributed by atoms with Gasteiger partial charge in [0.25, 0.3) is 0 Å². The molecule has 3 amide bonds. The van der Waals surface area contributed by atoms with Gasteiger partial charge < -0.3 is 25.8 Å². The fraction of sp³-hybridized carbons (Fsp3) is 0.273. The zero-order valence-electron chi connectivity index (χ0n) is 16.6. The molecule has 0 unspecified atom stereocenters. The summed E-state index contributed by atoms with van der Waals surface area (Å²) in [6.07, 6.45) is 1.91. The molecule has 2 aromatic rings. The number of benzene rings is 2. The Kier molecular flexibility index (Phi) is 7.69. The van der Waals surface area contributed by atoms with E-state index in [-0.39, 0.29) is 37.0 Å². The van der Waals surface area contributed by atoms with Gasteiger partial charge in [-0.1, -0.05) is 36.4 Å². The van der Waals surface area contributed by atoms with Crippen molar-refractivity contribution < 1.29 is 28.2 Å². The van der Waals surface area contributed by atoms with E-state index in [1.54, 1.807) is 30.4 Å². The second kappa shape index (κ2) is 10.6. The Balaban J connectivity index is 1.49. The molecular formula is C22H23F2N3O4. The van der Waals surface area contributed by atoms with Crippen LogP contribution in [-0.2, 0) is 16.1 Å². The molecule has 0 aromatic heterocycles. The van der Waals surface area contributed by atoms with Crippen molar-refractivity contribution in [2.24, 2.45) is 0 Å². The van der Waals surface area contributed by atoms with E-state index in [2.05, 4.69) is 16.0 Å². The second-order valence-electron chi connectivity index (χ2n) is 6.99. The number of amides is 3. The largest absolute Gasteiger partial charge is 0.394 e. The number of aliphatic hydroxyl groups is 1. The first kappa shape index (κ1) is 22.4. The molecule has 3 atom stereocenters. The molecule has 0 saturated carbocycles. The molecule has 9 heteroatoms. The lowest BCUT2D eigenvalue weighted by Crippen LogP contribution is -2.50. The zero-order chi connectivity index (χ0) is 22.2. The maximum atomic E-state index is 13.7. The summed E-state index contributed by atoms with van der Waals surface area (Å²) in [6, 6.07) is 10.2. The van der Waals surface area contributed by atoms with E-state index in [0.29, 0.717) is 0 Å². The van der Waals surface area contributed by atoms with E-state index < -0.39 is 30.1 Å². The summed E-state index contributed by atoms with van der Waals surface area (Å²) >= 11 is 0. The lowest BCUT2D eigenvalue weighted by Gasteiger charge is -2.31. The highest BCUT2D eigenvalue weighted by molar-refractivity contribution is 5.89. The first-order valence-electron chi connectivity index (χ1n) is 9.72. The standard InChI is InChI=1S/C22H23F2N3O4/c23-15-7-5-14(6-8-15)12-25-21(29)11-16-9-10-19(20(13-28)31-16)27-22(30)26-18-4-2-1-3-17(18)24/h1-10,16,19-20,28H,11-13H2,(H,25,29)(H2,26,27,30)/t16-,19-,20-/m1/s1. The summed E-state index contributed by atoms with van der Waals surface area (Å²) in [5, 5.41) is 17.3. The Bertz CT molecular complexity index is 937.